The fourth-order valence-electron chi connectivity index (χ4n) is 3.37. The molecule has 2 N–H and O–H groups in total. The third-order valence-electron chi connectivity index (χ3n) is 4.82. The largest absolute Gasteiger partial charge is 0.497 e. The average Bonchev–Trinajstić information content (AvgIpc) is 2.77. The molecular weight excluding hydrogens is 388 g/mol. The van der Waals surface area contributed by atoms with Crippen molar-refractivity contribution in [1.29, 1.82) is 0 Å². The van der Waals surface area contributed by atoms with Gasteiger partial charge in [0.1, 0.15) is 42.4 Å². The first-order valence-electron chi connectivity index (χ1n) is 9.85. The Kier molecular flexibility index (Phi) is 10.2. The third kappa shape index (κ3) is 6.25. The van der Waals surface area contributed by atoms with Crippen molar-refractivity contribution in [2.75, 3.05) is 26.9 Å². The molecule has 0 amide bonds. The van der Waals surface area contributed by atoms with Crippen LogP contribution in [0.2, 0.25) is 0 Å². The van der Waals surface area contributed by atoms with Gasteiger partial charge in [-0.05, 0) is 17.7 Å². The smallest absolute Gasteiger partial charge is 0.118 e. The zero-order valence-electron chi connectivity index (χ0n) is 17.4. The second-order valence-electron chi connectivity index (χ2n) is 6.86. The van der Waals surface area contributed by atoms with Crippen LogP contribution in [-0.2, 0) is 25.6 Å². The van der Waals surface area contributed by atoms with Crippen LogP contribution in [0.15, 0.2) is 62.2 Å². The van der Waals surface area contributed by atoms with E-state index in [-0.39, 0.29) is 26.4 Å². The molecular formula is C23H32O7. The van der Waals surface area contributed by atoms with E-state index >= 15 is 0 Å². The highest BCUT2D eigenvalue weighted by atomic mass is 16.6. The summed E-state index contributed by atoms with van der Waals surface area (Å²) >= 11 is 0. The van der Waals surface area contributed by atoms with Crippen LogP contribution in [-0.4, -0.2) is 73.8 Å². The topological polar surface area (TPSA) is 86.6 Å². The monoisotopic (exact) mass is 420 g/mol. The minimum Gasteiger partial charge on any atom is -0.497 e. The molecule has 7 nitrogen and oxygen atoms in total. The van der Waals surface area contributed by atoms with E-state index < -0.39 is 36.6 Å². The van der Waals surface area contributed by atoms with E-state index in [1.807, 2.05) is 24.3 Å². The zero-order valence-corrected chi connectivity index (χ0v) is 17.4. The van der Waals surface area contributed by atoms with E-state index in [1.54, 1.807) is 25.3 Å². The van der Waals surface area contributed by atoms with Crippen molar-refractivity contribution in [1.82, 2.24) is 0 Å². The van der Waals surface area contributed by atoms with Gasteiger partial charge >= 0.3 is 0 Å². The molecule has 0 aromatic heterocycles. The second-order valence-corrected chi connectivity index (χ2v) is 6.86. The van der Waals surface area contributed by atoms with Crippen LogP contribution in [0.5, 0.6) is 5.75 Å². The lowest BCUT2D eigenvalue weighted by Crippen LogP contribution is -2.66. The molecule has 2 rings (SSSR count). The SMILES string of the molecule is C=CCO[C@@H]1[C@@H](OCC=C)[C@H](OCC=C)[C@@H](O)[C@@H](O)[C@H]1OCc1ccc(OC)cc1. The van der Waals surface area contributed by atoms with Crippen molar-refractivity contribution < 1.29 is 33.9 Å². The molecule has 0 saturated heterocycles. The Morgan fingerprint density at radius 3 is 1.60 bits per heavy atom. The first kappa shape index (κ1) is 24.3. The number of hydrogen-bond acceptors (Lipinski definition) is 7. The second kappa shape index (κ2) is 12.6. The summed E-state index contributed by atoms with van der Waals surface area (Å²) in [6, 6.07) is 7.38. The van der Waals surface area contributed by atoms with Gasteiger partial charge in [-0.15, -0.1) is 19.7 Å². The van der Waals surface area contributed by atoms with Gasteiger partial charge in [-0.2, -0.15) is 0 Å². The summed E-state index contributed by atoms with van der Waals surface area (Å²) < 4.78 is 28.7. The molecule has 1 aliphatic carbocycles. The predicted octanol–water partition coefficient (Wildman–Crippen LogP) is 2.03. The summed E-state index contributed by atoms with van der Waals surface area (Å²) in [5.41, 5.74) is 0.883. The van der Waals surface area contributed by atoms with E-state index in [0.717, 1.165) is 11.3 Å². The Morgan fingerprint density at radius 2 is 1.17 bits per heavy atom. The molecule has 0 unspecified atom stereocenters. The molecule has 1 fully saturated rings. The first-order chi connectivity index (χ1) is 14.6. The Bertz CT molecular complexity index is 660. The molecule has 1 aliphatic rings. The van der Waals surface area contributed by atoms with Crippen LogP contribution < -0.4 is 4.74 Å². The number of hydrogen-bond donors (Lipinski definition) is 2. The lowest BCUT2D eigenvalue weighted by atomic mass is 9.84. The van der Waals surface area contributed by atoms with Crippen LogP contribution in [0.1, 0.15) is 5.56 Å². The van der Waals surface area contributed by atoms with Crippen LogP contribution in [0, 0.1) is 0 Å². The highest BCUT2D eigenvalue weighted by Gasteiger charge is 2.52. The van der Waals surface area contributed by atoms with Gasteiger partial charge < -0.3 is 33.9 Å². The minimum atomic E-state index is -1.24. The molecule has 30 heavy (non-hydrogen) atoms. The van der Waals surface area contributed by atoms with Gasteiger partial charge in [0.15, 0.2) is 0 Å². The van der Waals surface area contributed by atoms with Gasteiger partial charge in [0.2, 0.25) is 0 Å². The number of ether oxygens (including phenoxy) is 5. The van der Waals surface area contributed by atoms with Crippen LogP contribution in [0.3, 0.4) is 0 Å². The molecule has 166 valence electrons. The lowest BCUT2D eigenvalue weighted by Gasteiger charge is -2.46. The fourth-order valence-corrected chi connectivity index (χ4v) is 3.37. The lowest BCUT2D eigenvalue weighted by molar-refractivity contribution is -0.262. The van der Waals surface area contributed by atoms with Crippen molar-refractivity contribution in [3.8, 4) is 5.75 Å². The normalized spacial score (nSPS) is 28.6. The van der Waals surface area contributed by atoms with E-state index in [0.29, 0.717) is 0 Å². The van der Waals surface area contributed by atoms with Gasteiger partial charge in [0.25, 0.3) is 0 Å². The highest BCUT2D eigenvalue weighted by Crippen LogP contribution is 2.31. The highest BCUT2D eigenvalue weighted by molar-refractivity contribution is 5.26. The molecule has 0 heterocycles. The molecule has 1 saturated carbocycles. The Morgan fingerprint density at radius 1 is 0.733 bits per heavy atom. The standard InChI is InChI=1S/C23H32O7/c1-5-12-27-20-18(24)19(25)21(23(29-14-7-3)22(20)28-13-6-2)30-15-16-8-10-17(26-4)11-9-16/h5-11,18-25H,1-3,12-15H2,4H3/t18-,19+,20+,21+,22-,23-/m0/s1. The van der Waals surface area contributed by atoms with Gasteiger partial charge in [0, 0.05) is 0 Å². The quantitative estimate of drug-likeness (QED) is 0.472. The van der Waals surface area contributed by atoms with Crippen molar-refractivity contribution in [3.05, 3.63) is 67.8 Å². The van der Waals surface area contributed by atoms with E-state index in [9.17, 15) is 10.2 Å². The Balaban J connectivity index is 2.23. The predicted molar refractivity (Wildman–Crippen MR) is 113 cm³/mol. The van der Waals surface area contributed by atoms with Crippen molar-refractivity contribution in [2.45, 2.75) is 43.2 Å². The molecule has 0 radical (unpaired) electrons. The fraction of sp³-hybridized carbons (Fsp3) is 0.478. The summed E-state index contributed by atoms with van der Waals surface area (Å²) in [5, 5.41) is 21.5. The maximum absolute atomic E-state index is 10.8. The summed E-state index contributed by atoms with van der Waals surface area (Å²) in [4.78, 5) is 0. The number of aliphatic hydroxyl groups excluding tert-OH is 2. The van der Waals surface area contributed by atoms with E-state index in [1.165, 1.54) is 0 Å². The summed E-state index contributed by atoms with van der Waals surface area (Å²) in [7, 11) is 1.60. The Labute approximate surface area is 178 Å². The maximum atomic E-state index is 10.8. The number of aliphatic hydroxyl groups is 2. The van der Waals surface area contributed by atoms with Gasteiger partial charge in [0.05, 0.1) is 33.5 Å². The summed E-state index contributed by atoms with van der Waals surface area (Å²) in [6.07, 6.45) is -0.775. The Hall–Kier alpha value is -2.00. The van der Waals surface area contributed by atoms with Crippen molar-refractivity contribution in [3.63, 3.8) is 0 Å². The molecule has 1 aromatic carbocycles. The van der Waals surface area contributed by atoms with Gasteiger partial charge in [-0.25, -0.2) is 0 Å². The number of methoxy groups -OCH3 is 1. The molecule has 1 aromatic rings. The molecule has 0 bridgehead atoms. The van der Waals surface area contributed by atoms with Gasteiger partial charge in [-0.3, -0.25) is 0 Å². The van der Waals surface area contributed by atoms with Crippen LogP contribution in [0.4, 0.5) is 0 Å². The maximum Gasteiger partial charge on any atom is 0.118 e. The van der Waals surface area contributed by atoms with Crippen molar-refractivity contribution >= 4 is 0 Å². The molecule has 0 spiro atoms. The van der Waals surface area contributed by atoms with Crippen LogP contribution in [0.25, 0.3) is 0 Å². The number of rotatable bonds is 13. The minimum absolute atomic E-state index is 0.188. The summed E-state index contributed by atoms with van der Waals surface area (Å²) in [5.74, 6) is 0.735. The number of benzene rings is 1. The third-order valence-corrected chi connectivity index (χ3v) is 4.82. The molecule has 6 atom stereocenters. The van der Waals surface area contributed by atoms with Crippen LogP contribution >= 0.6 is 0 Å². The molecule has 0 aliphatic heterocycles. The average molecular weight is 421 g/mol. The zero-order chi connectivity index (χ0) is 21.9. The van der Waals surface area contributed by atoms with E-state index in [4.69, 9.17) is 23.7 Å². The van der Waals surface area contributed by atoms with Crippen molar-refractivity contribution in [2.24, 2.45) is 0 Å². The van der Waals surface area contributed by atoms with E-state index in [2.05, 4.69) is 19.7 Å². The molecule has 7 heteroatoms. The van der Waals surface area contributed by atoms with Gasteiger partial charge in [-0.1, -0.05) is 30.4 Å². The summed E-state index contributed by atoms with van der Waals surface area (Å²) in [6.45, 7) is 11.8. The first-order valence-corrected chi connectivity index (χ1v) is 9.85.